The molecule has 1 heterocycles. The topological polar surface area (TPSA) is 107 Å². The van der Waals surface area contributed by atoms with E-state index in [4.69, 9.17) is 0 Å². The van der Waals surface area contributed by atoms with Crippen LogP contribution in [0.25, 0.3) is 5.69 Å². The van der Waals surface area contributed by atoms with E-state index >= 15 is 0 Å². The Labute approximate surface area is 185 Å². The van der Waals surface area contributed by atoms with Gasteiger partial charge in [-0.05, 0) is 35.9 Å². The highest BCUT2D eigenvalue weighted by Gasteiger charge is 2.31. The first-order chi connectivity index (χ1) is 15.3. The molecule has 0 atom stereocenters. The number of rotatable bonds is 5. The summed E-state index contributed by atoms with van der Waals surface area (Å²) in [5, 5.41) is 2.48. The number of aromatic nitrogens is 2. The summed E-state index contributed by atoms with van der Waals surface area (Å²) in [6, 6.07) is 9.35. The highest BCUT2D eigenvalue weighted by molar-refractivity contribution is 7.90. The second-order valence-electron chi connectivity index (χ2n) is 7.22. The van der Waals surface area contributed by atoms with Gasteiger partial charge in [-0.2, -0.15) is 13.2 Å². The zero-order valence-corrected chi connectivity index (χ0v) is 18.2. The number of hydrogen-bond acceptors (Lipinski definition) is 5. The third kappa shape index (κ3) is 5.22. The summed E-state index contributed by atoms with van der Waals surface area (Å²) in [6.45, 7) is -0.0608. The predicted octanol–water partition coefficient (Wildman–Crippen LogP) is 1.89. The van der Waals surface area contributed by atoms with Crippen LogP contribution in [0.2, 0.25) is 0 Å². The van der Waals surface area contributed by atoms with Gasteiger partial charge in [0, 0.05) is 26.0 Å². The van der Waals surface area contributed by atoms with Crippen molar-refractivity contribution in [3.05, 3.63) is 92.3 Å². The van der Waals surface area contributed by atoms with Crippen molar-refractivity contribution in [1.82, 2.24) is 14.5 Å². The van der Waals surface area contributed by atoms with Crippen LogP contribution in [-0.2, 0) is 29.6 Å². The number of nitrogens with one attached hydrogen (secondary N) is 1. The Balaban J connectivity index is 1.94. The van der Waals surface area contributed by atoms with Crippen molar-refractivity contribution in [2.24, 2.45) is 7.05 Å². The maximum absolute atomic E-state index is 13.1. The van der Waals surface area contributed by atoms with Crippen LogP contribution in [0, 0.1) is 0 Å². The van der Waals surface area contributed by atoms with Gasteiger partial charge in [-0.15, -0.1) is 0 Å². The minimum atomic E-state index is -4.69. The van der Waals surface area contributed by atoms with Crippen molar-refractivity contribution in [1.29, 1.82) is 0 Å². The molecule has 0 aliphatic rings. The van der Waals surface area contributed by atoms with Crippen LogP contribution in [-0.4, -0.2) is 29.7 Å². The summed E-state index contributed by atoms with van der Waals surface area (Å²) in [5.41, 5.74) is -3.31. The van der Waals surface area contributed by atoms with Gasteiger partial charge in [-0.3, -0.25) is 9.59 Å². The molecule has 0 spiro atoms. The fourth-order valence-corrected chi connectivity index (χ4v) is 3.64. The van der Waals surface area contributed by atoms with Crippen LogP contribution in [0.4, 0.5) is 13.2 Å². The number of nitrogens with zero attached hydrogens (tertiary/aromatic N) is 2. The van der Waals surface area contributed by atoms with Crippen LogP contribution < -0.4 is 16.6 Å². The lowest BCUT2D eigenvalue weighted by atomic mass is 10.2. The fourth-order valence-electron chi connectivity index (χ4n) is 3.01. The van der Waals surface area contributed by atoms with Gasteiger partial charge in [-0.1, -0.05) is 18.2 Å². The number of aryl methyl sites for hydroxylation is 1. The molecule has 0 radical (unpaired) electrons. The van der Waals surface area contributed by atoms with Crippen molar-refractivity contribution in [2.75, 3.05) is 6.26 Å². The molecule has 0 saturated heterocycles. The summed E-state index contributed by atoms with van der Waals surface area (Å²) < 4.78 is 63.6. The Kier molecular flexibility index (Phi) is 6.32. The molecule has 1 N–H and O–H groups in total. The van der Waals surface area contributed by atoms with Crippen molar-refractivity contribution in [3.8, 4) is 5.69 Å². The number of halogens is 3. The molecule has 33 heavy (non-hydrogen) atoms. The fraction of sp³-hybridized carbons (Fsp3) is 0.190. The summed E-state index contributed by atoms with van der Waals surface area (Å²) in [5.74, 6) is -0.858. The lowest BCUT2D eigenvalue weighted by molar-refractivity contribution is -0.137. The molecular formula is C21H18F3N3O5S. The van der Waals surface area contributed by atoms with Crippen molar-refractivity contribution >= 4 is 15.7 Å². The molecule has 0 saturated carbocycles. The van der Waals surface area contributed by atoms with Gasteiger partial charge in [0.15, 0.2) is 9.84 Å². The molecular weight excluding hydrogens is 463 g/mol. The van der Waals surface area contributed by atoms with E-state index in [0.717, 1.165) is 35.2 Å². The normalized spacial score (nSPS) is 11.9. The number of hydrogen-bond donors (Lipinski definition) is 1. The lowest BCUT2D eigenvalue weighted by Crippen LogP contribution is -2.42. The maximum atomic E-state index is 13.1. The van der Waals surface area contributed by atoms with E-state index in [1.807, 2.05) is 0 Å². The average molecular weight is 481 g/mol. The molecule has 0 aliphatic carbocycles. The average Bonchev–Trinajstić information content (AvgIpc) is 2.74. The van der Waals surface area contributed by atoms with Crippen LogP contribution in [0.5, 0.6) is 0 Å². The summed E-state index contributed by atoms with van der Waals surface area (Å²) in [6.07, 6.45) is -2.64. The van der Waals surface area contributed by atoms with E-state index in [-0.39, 0.29) is 17.1 Å². The highest BCUT2D eigenvalue weighted by atomic mass is 32.2. The molecule has 0 bridgehead atoms. The van der Waals surface area contributed by atoms with Gasteiger partial charge in [0.25, 0.3) is 11.5 Å². The molecule has 3 aromatic rings. The van der Waals surface area contributed by atoms with Crippen LogP contribution in [0.3, 0.4) is 0 Å². The molecule has 1 amide bonds. The number of benzene rings is 2. The number of carbonyl (C=O) groups excluding carboxylic acids is 1. The standard InChI is InChI=1S/C21H18F3N3O5S/c1-26-12-17(18(28)25-11-13-6-8-16(9-7-13)33(2,31)32)19(29)27(20(26)30)15-5-3-4-14(10-15)21(22,23)24/h3-10,12H,11H2,1-2H3,(H,25,28). The molecule has 1 aromatic heterocycles. The SMILES string of the molecule is Cn1cc(C(=O)NCc2ccc(S(C)(=O)=O)cc2)c(=O)n(-c2cccc(C(F)(F)F)c2)c1=O. The minimum absolute atomic E-state index is 0.0608. The first-order valence-electron chi connectivity index (χ1n) is 9.36. The van der Waals surface area contributed by atoms with E-state index in [9.17, 15) is 36.0 Å². The van der Waals surface area contributed by atoms with E-state index in [2.05, 4.69) is 5.32 Å². The van der Waals surface area contributed by atoms with E-state index in [1.54, 1.807) is 0 Å². The molecule has 2 aromatic carbocycles. The highest BCUT2D eigenvalue weighted by Crippen LogP contribution is 2.29. The Morgan fingerprint density at radius 1 is 1.06 bits per heavy atom. The molecule has 3 rings (SSSR count). The van der Waals surface area contributed by atoms with Crippen molar-refractivity contribution in [3.63, 3.8) is 0 Å². The Bertz CT molecular complexity index is 1440. The number of sulfone groups is 1. The third-order valence-electron chi connectivity index (χ3n) is 4.73. The van der Waals surface area contributed by atoms with Gasteiger partial charge < -0.3 is 9.88 Å². The van der Waals surface area contributed by atoms with Gasteiger partial charge in [0.2, 0.25) is 0 Å². The van der Waals surface area contributed by atoms with Crippen molar-refractivity contribution in [2.45, 2.75) is 17.6 Å². The third-order valence-corrected chi connectivity index (χ3v) is 5.86. The minimum Gasteiger partial charge on any atom is -0.348 e. The van der Waals surface area contributed by atoms with E-state index in [0.29, 0.717) is 16.2 Å². The molecule has 0 aliphatic heterocycles. The molecule has 0 fully saturated rings. The van der Waals surface area contributed by atoms with Crippen LogP contribution in [0.15, 0.2) is 69.2 Å². The zero-order chi connectivity index (χ0) is 24.6. The second-order valence-corrected chi connectivity index (χ2v) is 9.24. The van der Waals surface area contributed by atoms with Gasteiger partial charge in [0.1, 0.15) is 5.56 Å². The van der Waals surface area contributed by atoms with E-state index < -0.39 is 44.3 Å². The monoisotopic (exact) mass is 481 g/mol. The smallest absolute Gasteiger partial charge is 0.348 e. The van der Waals surface area contributed by atoms with Gasteiger partial charge in [-0.25, -0.2) is 17.8 Å². The van der Waals surface area contributed by atoms with Crippen LogP contribution >= 0.6 is 0 Å². The number of alkyl halides is 3. The summed E-state index contributed by atoms with van der Waals surface area (Å²) >= 11 is 0. The maximum Gasteiger partial charge on any atom is 0.416 e. The van der Waals surface area contributed by atoms with Crippen LogP contribution in [0.1, 0.15) is 21.5 Å². The summed E-state index contributed by atoms with van der Waals surface area (Å²) in [7, 11) is -2.13. The molecule has 174 valence electrons. The summed E-state index contributed by atoms with van der Waals surface area (Å²) in [4.78, 5) is 38.1. The number of amides is 1. The predicted molar refractivity (Wildman–Crippen MR) is 113 cm³/mol. The largest absolute Gasteiger partial charge is 0.416 e. The Hall–Kier alpha value is -3.67. The molecule has 8 nitrogen and oxygen atoms in total. The quantitative estimate of drug-likeness (QED) is 0.599. The molecule has 12 heteroatoms. The number of carbonyl (C=O) groups is 1. The zero-order valence-electron chi connectivity index (χ0n) is 17.4. The Morgan fingerprint density at radius 2 is 1.70 bits per heavy atom. The van der Waals surface area contributed by atoms with Crippen molar-refractivity contribution < 1.29 is 26.4 Å². The second kappa shape index (κ2) is 8.70. The molecule has 0 unspecified atom stereocenters. The first-order valence-corrected chi connectivity index (χ1v) is 11.3. The van der Waals surface area contributed by atoms with Gasteiger partial charge >= 0.3 is 11.9 Å². The lowest BCUT2D eigenvalue weighted by Gasteiger charge is -2.13. The Morgan fingerprint density at radius 3 is 2.27 bits per heavy atom. The van der Waals surface area contributed by atoms with Gasteiger partial charge in [0.05, 0.1) is 16.1 Å². The first kappa shape index (κ1) is 24.0. The van der Waals surface area contributed by atoms with E-state index in [1.165, 1.54) is 31.3 Å².